The zero-order chi connectivity index (χ0) is 18.4. The van der Waals surface area contributed by atoms with Crippen LogP contribution in [0.2, 0.25) is 0 Å². The Morgan fingerprint density at radius 3 is 2.04 bits per heavy atom. The average molecular weight is 399 g/mol. The molecule has 27 heavy (non-hydrogen) atoms. The van der Waals surface area contributed by atoms with E-state index in [-0.39, 0.29) is 30.1 Å². The number of hydrogen-bond donors (Lipinski definition) is 1. The van der Waals surface area contributed by atoms with E-state index in [1.54, 1.807) is 0 Å². The lowest BCUT2D eigenvalue weighted by Crippen LogP contribution is -3.00. The Balaban J connectivity index is 0.00000261. The molecule has 1 aliphatic heterocycles. The van der Waals surface area contributed by atoms with Gasteiger partial charge in [-0.15, -0.1) is 0 Å². The molecule has 0 aromatic heterocycles. The molecule has 2 saturated carbocycles. The number of carbonyl (C=O) groups is 2. The first-order valence-electron chi connectivity index (χ1n) is 10.9. The monoisotopic (exact) mass is 398 g/mol. The molecular formula is C21H37ClN3O2-. The third-order valence-corrected chi connectivity index (χ3v) is 6.78. The molecule has 0 radical (unpaired) electrons. The van der Waals surface area contributed by atoms with Crippen LogP contribution in [0.4, 0.5) is 0 Å². The molecule has 1 saturated heterocycles. The highest BCUT2D eigenvalue weighted by molar-refractivity contribution is 5.79. The minimum absolute atomic E-state index is 0. The number of carbonyl (C=O) groups excluding carboxylic acids is 2. The maximum Gasteiger partial charge on any atom is 0.236 e. The maximum absolute atomic E-state index is 12.6. The van der Waals surface area contributed by atoms with Gasteiger partial charge in [0.2, 0.25) is 11.8 Å². The van der Waals surface area contributed by atoms with Gasteiger partial charge in [0.25, 0.3) is 0 Å². The van der Waals surface area contributed by atoms with Gasteiger partial charge < -0.3 is 22.6 Å². The summed E-state index contributed by atoms with van der Waals surface area (Å²) in [5.41, 5.74) is 0. The number of halogens is 1. The molecule has 0 aromatic rings. The summed E-state index contributed by atoms with van der Waals surface area (Å²) < 4.78 is 0. The fourth-order valence-corrected chi connectivity index (χ4v) is 4.89. The van der Waals surface area contributed by atoms with Crippen molar-refractivity contribution in [1.82, 2.24) is 15.1 Å². The molecule has 2 amide bonds. The summed E-state index contributed by atoms with van der Waals surface area (Å²) in [6.07, 6.45) is 13.9. The van der Waals surface area contributed by atoms with Crippen molar-refractivity contribution < 1.29 is 22.0 Å². The van der Waals surface area contributed by atoms with Gasteiger partial charge in [0.1, 0.15) is 0 Å². The summed E-state index contributed by atoms with van der Waals surface area (Å²) in [6.45, 7) is 2.37. The quantitative estimate of drug-likeness (QED) is 0.706. The van der Waals surface area contributed by atoms with Crippen LogP contribution in [0, 0.1) is 5.92 Å². The van der Waals surface area contributed by atoms with Crippen molar-refractivity contribution in [2.24, 2.45) is 5.92 Å². The molecule has 5 nitrogen and oxygen atoms in total. The van der Waals surface area contributed by atoms with Gasteiger partial charge in [0.15, 0.2) is 0 Å². The van der Waals surface area contributed by atoms with Crippen molar-refractivity contribution in [2.45, 2.75) is 89.1 Å². The Hall–Kier alpha value is -0.810. The molecule has 0 atom stereocenters. The van der Waals surface area contributed by atoms with Crippen LogP contribution in [0.25, 0.3) is 0 Å². The zero-order valence-electron chi connectivity index (χ0n) is 16.9. The van der Waals surface area contributed by atoms with E-state index >= 15 is 0 Å². The second-order valence-corrected chi connectivity index (χ2v) is 8.69. The van der Waals surface area contributed by atoms with Crippen LogP contribution in [-0.4, -0.2) is 60.4 Å². The van der Waals surface area contributed by atoms with Crippen LogP contribution in [0.5, 0.6) is 0 Å². The number of nitrogens with zero attached hydrogens (tertiary/aromatic N) is 2. The molecule has 2 aliphatic carbocycles. The van der Waals surface area contributed by atoms with Crippen LogP contribution in [-0.2, 0) is 9.59 Å². The van der Waals surface area contributed by atoms with Crippen molar-refractivity contribution in [2.75, 3.05) is 26.7 Å². The molecular weight excluding hydrogens is 362 g/mol. The van der Waals surface area contributed by atoms with E-state index in [0.717, 1.165) is 51.6 Å². The van der Waals surface area contributed by atoms with E-state index in [1.807, 2.05) is 11.9 Å². The van der Waals surface area contributed by atoms with E-state index < -0.39 is 0 Å². The second kappa shape index (κ2) is 11.3. The van der Waals surface area contributed by atoms with Gasteiger partial charge >= 0.3 is 0 Å². The molecule has 1 N–H and O–H groups in total. The van der Waals surface area contributed by atoms with Crippen molar-refractivity contribution in [1.29, 1.82) is 0 Å². The Morgan fingerprint density at radius 1 is 0.889 bits per heavy atom. The van der Waals surface area contributed by atoms with Gasteiger partial charge in [-0.25, -0.2) is 0 Å². The molecule has 1 heterocycles. The van der Waals surface area contributed by atoms with Gasteiger partial charge in [-0.2, -0.15) is 0 Å². The number of likely N-dealkylation sites (N-methyl/N-ethyl adjacent to an activating group) is 1. The molecule has 0 spiro atoms. The third kappa shape index (κ3) is 6.63. The third-order valence-electron chi connectivity index (χ3n) is 6.78. The summed E-state index contributed by atoms with van der Waals surface area (Å²) in [6, 6.07) is 0.746. The Bertz CT molecular complexity index is 468. The Morgan fingerprint density at radius 2 is 1.44 bits per heavy atom. The van der Waals surface area contributed by atoms with Gasteiger partial charge in [-0.1, -0.05) is 38.5 Å². The van der Waals surface area contributed by atoms with Crippen LogP contribution in [0.1, 0.15) is 77.0 Å². The Labute approximate surface area is 171 Å². The lowest BCUT2D eigenvalue weighted by Gasteiger charge is -2.36. The van der Waals surface area contributed by atoms with Gasteiger partial charge in [-0.05, 0) is 38.5 Å². The molecule has 3 fully saturated rings. The molecule has 0 unspecified atom stereocenters. The fraction of sp³-hybridized carbons (Fsp3) is 0.905. The minimum atomic E-state index is 0. The van der Waals surface area contributed by atoms with Crippen LogP contribution in [0.3, 0.4) is 0 Å². The van der Waals surface area contributed by atoms with Crippen molar-refractivity contribution in [3.63, 3.8) is 0 Å². The number of amides is 2. The largest absolute Gasteiger partial charge is 1.00 e. The standard InChI is InChI=1S/C21H37N3O2.ClH/c1-23(19-10-6-3-7-11-19)20(25)16-24-14-12-18(13-15-24)22-21(26)17-8-4-2-5-9-17;/h17-19H,2-16H2,1H3,(H,22,26);1H/p-1. The molecule has 3 rings (SSSR count). The average Bonchev–Trinajstić information content (AvgIpc) is 2.70. The van der Waals surface area contributed by atoms with E-state index in [0.29, 0.717) is 18.6 Å². The molecule has 6 heteroatoms. The molecule has 156 valence electrons. The zero-order valence-corrected chi connectivity index (χ0v) is 17.7. The van der Waals surface area contributed by atoms with Crippen molar-refractivity contribution in [3.05, 3.63) is 0 Å². The molecule has 3 aliphatic rings. The van der Waals surface area contributed by atoms with E-state index in [9.17, 15) is 9.59 Å². The lowest BCUT2D eigenvalue weighted by molar-refractivity contribution is -0.134. The Kier molecular flexibility index (Phi) is 9.37. The van der Waals surface area contributed by atoms with E-state index in [2.05, 4.69) is 10.2 Å². The van der Waals surface area contributed by atoms with Crippen molar-refractivity contribution >= 4 is 11.8 Å². The lowest BCUT2D eigenvalue weighted by atomic mass is 9.88. The van der Waals surface area contributed by atoms with Crippen LogP contribution < -0.4 is 17.7 Å². The van der Waals surface area contributed by atoms with E-state index in [1.165, 1.54) is 38.5 Å². The summed E-state index contributed by atoms with van der Waals surface area (Å²) in [7, 11) is 1.98. The van der Waals surface area contributed by atoms with Crippen molar-refractivity contribution in [3.8, 4) is 0 Å². The number of rotatable bonds is 5. The minimum Gasteiger partial charge on any atom is -1.00 e. The van der Waals surface area contributed by atoms with Gasteiger partial charge in [-0.3, -0.25) is 14.5 Å². The predicted molar refractivity (Wildman–Crippen MR) is 104 cm³/mol. The highest BCUT2D eigenvalue weighted by Gasteiger charge is 2.28. The van der Waals surface area contributed by atoms with Crippen LogP contribution >= 0.6 is 0 Å². The SMILES string of the molecule is CN(C(=O)CN1CCC(NC(=O)C2CCCCC2)CC1)C1CCCCC1.[Cl-]. The topological polar surface area (TPSA) is 52.7 Å². The first kappa shape index (κ1) is 22.5. The maximum atomic E-state index is 12.6. The fourth-order valence-electron chi connectivity index (χ4n) is 4.89. The normalized spacial score (nSPS) is 23.4. The van der Waals surface area contributed by atoms with Gasteiger partial charge in [0, 0.05) is 38.1 Å². The van der Waals surface area contributed by atoms with E-state index in [4.69, 9.17) is 0 Å². The number of likely N-dealkylation sites (tertiary alicyclic amines) is 1. The number of nitrogens with one attached hydrogen (secondary N) is 1. The molecule has 0 bridgehead atoms. The summed E-state index contributed by atoms with van der Waals surface area (Å²) in [4.78, 5) is 29.3. The summed E-state index contributed by atoms with van der Waals surface area (Å²) in [5.74, 6) is 0.783. The summed E-state index contributed by atoms with van der Waals surface area (Å²) in [5, 5.41) is 3.28. The second-order valence-electron chi connectivity index (χ2n) is 8.69. The predicted octanol–water partition coefficient (Wildman–Crippen LogP) is -0.0576. The summed E-state index contributed by atoms with van der Waals surface area (Å²) >= 11 is 0. The number of piperidine rings is 1. The first-order chi connectivity index (χ1) is 12.6. The van der Waals surface area contributed by atoms with Gasteiger partial charge in [0.05, 0.1) is 6.54 Å². The first-order valence-corrected chi connectivity index (χ1v) is 10.9. The number of hydrogen-bond acceptors (Lipinski definition) is 3. The highest BCUT2D eigenvalue weighted by atomic mass is 35.5. The smallest absolute Gasteiger partial charge is 0.236 e. The van der Waals surface area contributed by atoms with Crippen LogP contribution in [0.15, 0.2) is 0 Å². The highest BCUT2D eigenvalue weighted by Crippen LogP contribution is 2.24. The molecule has 0 aromatic carbocycles.